The van der Waals surface area contributed by atoms with Gasteiger partial charge in [-0.05, 0) is 5.92 Å². The van der Waals surface area contributed by atoms with E-state index in [1.807, 2.05) is 0 Å². The molecule has 2 atom stereocenters. The van der Waals surface area contributed by atoms with Gasteiger partial charge in [0.25, 0.3) is 10.1 Å². The van der Waals surface area contributed by atoms with E-state index in [0.29, 0.717) is 0 Å². The minimum Gasteiger partial charge on any atom is -0.481 e. The highest BCUT2D eigenvalue weighted by atomic mass is 32.2. The van der Waals surface area contributed by atoms with E-state index in [2.05, 4.69) is 6.58 Å². The van der Waals surface area contributed by atoms with Gasteiger partial charge >= 0.3 is 5.97 Å². The smallest absolute Gasteiger partial charge is 0.303 e. The zero-order valence-electron chi connectivity index (χ0n) is 8.58. The molecule has 16 heavy (non-hydrogen) atoms. The predicted octanol–water partition coefficient (Wildman–Crippen LogP) is -0.605. The van der Waals surface area contributed by atoms with Gasteiger partial charge in [0, 0.05) is 12.0 Å². The molecule has 0 saturated heterocycles. The van der Waals surface area contributed by atoms with Crippen molar-refractivity contribution in [3.8, 4) is 0 Å². The van der Waals surface area contributed by atoms with Gasteiger partial charge in [-0.2, -0.15) is 8.42 Å². The predicted molar refractivity (Wildman–Crippen MR) is 55.1 cm³/mol. The van der Waals surface area contributed by atoms with Crippen molar-refractivity contribution >= 4 is 22.0 Å². The average molecular weight is 251 g/mol. The Hall–Kier alpha value is -1.41. The number of carbonyl (C=O) groups is 2. The number of hydrogen-bond acceptors (Lipinski definition) is 4. The van der Waals surface area contributed by atoms with Gasteiger partial charge in [0.1, 0.15) is 5.25 Å². The molecule has 0 aliphatic heterocycles. The summed E-state index contributed by atoms with van der Waals surface area (Å²) < 4.78 is 30.9. The molecule has 0 aromatic carbocycles. The Bertz CT molecular complexity index is 412. The molecule has 0 aromatic rings. The first kappa shape index (κ1) is 14.6. The van der Waals surface area contributed by atoms with Crippen LogP contribution in [0.5, 0.6) is 0 Å². The molecule has 8 heteroatoms. The third-order valence-corrected chi connectivity index (χ3v) is 3.39. The number of rotatable bonds is 6. The number of carboxylic acids is 1. The van der Waals surface area contributed by atoms with Crippen molar-refractivity contribution in [1.29, 1.82) is 0 Å². The van der Waals surface area contributed by atoms with Gasteiger partial charge in [-0.15, -0.1) is 0 Å². The van der Waals surface area contributed by atoms with E-state index >= 15 is 0 Å². The van der Waals surface area contributed by atoms with Crippen molar-refractivity contribution in [2.24, 2.45) is 11.7 Å². The van der Waals surface area contributed by atoms with E-state index in [0.717, 1.165) is 0 Å². The first-order valence-electron chi connectivity index (χ1n) is 4.24. The zero-order chi connectivity index (χ0) is 13.1. The molecule has 0 fully saturated rings. The van der Waals surface area contributed by atoms with E-state index in [1.165, 1.54) is 6.92 Å². The molecular weight excluding hydrogens is 238 g/mol. The van der Waals surface area contributed by atoms with Crippen LogP contribution in [-0.4, -0.2) is 35.2 Å². The van der Waals surface area contributed by atoms with Crippen molar-refractivity contribution in [1.82, 2.24) is 0 Å². The molecule has 0 rings (SSSR count). The molecule has 1 amide bonds. The lowest BCUT2D eigenvalue weighted by Gasteiger charge is -2.20. The fraction of sp³-hybridized carbons (Fsp3) is 0.500. The Kier molecular flexibility index (Phi) is 4.63. The van der Waals surface area contributed by atoms with Gasteiger partial charge < -0.3 is 10.8 Å². The van der Waals surface area contributed by atoms with Crippen molar-refractivity contribution < 1.29 is 27.7 Å². The van der Waals surface area contributed by atoms with E-state index in [9.17, 15) is 18.0 Å². The third-order valence-electron chi connectivity index (χ3n) is 1.99. The van der Waals surface area contributed by atoms with Crippen LogP contribution in [0.25, 0.3) is 0 Å². The van der Waals surface area contributed by atoms with E-state index < -0.39 is 45.2 Å². The van der Waals surface area contributed by atoms with Crippen LogP contribution in [0.2, 0.25) is 0 Å². The molecule has 0 saturated carbocycles. The topological polar surface area (TPSA) is 135 Å². The molecule has 0 spiro atoms. The Morgan fingerprint density at radius 3 is 2.12 bits per heavy atom. The minimum absolute atomic E-state index is 0.531. The molecule has 0 heterocycles. The molecular formula is C8H13NO6S. The van der Waals surface area contributed by atoms with Crippen LogP contribution in [0, 0.1) is 5.92 Å². The van der Waals surface area contributed by atoms with Crippen LogP contribution in [0.1, 0.15) is 13.3 Å². The van der Waals surface area contributed by atoms with Gasteiger partial charge in [-0.25, -0.2) is 0 Å². The fourth-order valence-corrected chi connectivity index (χ4v) is 2.50. The number of aliphatic carboxylic acids is 1. The number of carboxylic acid groups (broad SMARTS) is 1. The summed E-state index contributed by atoms with van der Waals surface area (Å²) >= 11 is 0. The normalized spacial score (nSPS) is 15.1. The first-order valence-corrected chi connectivity index (χ1v) is 5.74. The highest BCUT2D eigenvalue weighted by molar-refractivity contribution is 7.86. The zero-order valence-corrected chi connectivity index (χ0v) is 9.40. The Balaban J connectivity index is 5.20. The lowest BCUT2D eigenvalue weighted by Crippen LogP contribution is -2.36. The molecule has 0 bridgehead atoms. The second-order valence-electron chi connectivity index (χ2n) is 3.40. The second kappa shape index (κ2) is 5.08. The molecule has 7 nitrogen and oxygen atoms in total. The lowest BCUT2D eigenvalue weighted by molar-refractivity contribution is -0.138. The summed E-state index contributed by atoms with van der Waals surface area (Å²) in [6, 6.07) is 0. The highest BCUT2D eigenvalue weighted by Crippen LogP contribution is 2.21. The summed E-state index contributed by atoms with van der Waals surface area (Å²) in [6.45, 7) is 4.41. The number of primary amides is 1. The summed E-state index contributed by atoms with van der Waals surface area (Å²) in [4.78, 5) is 21.2. The Labute approximate surface area is 92.7 Å². The number of amides is 1. The number of carbonyl (C=O) groups excluding carboxylic acids is 1. The molecule has 0 aliphatic carbocycles. The lowest BCUT2D eigenvalue weighted by atomic mass is 9.98. The van der Waals surface area contributed by atoms with Crippen LogP contribution in [0.15, 0.2) is 12.2 Å². The van der Waals surface area contributed by atoms with Crippen molar-refractivity contribution in [2.75, 3.05) is 0 Å². The largest absolute Gasteiger partial charge is 0.481 e. The van der Waals surface area contributed by atoms with Gasteiger partial charge in [0.05, 0.1) is 0 Å². The SMILES string of the molecule is C=C(C(N)=O)C(C(C)CC(=O)O)S(=O)(=O)O. The van der Waals surface area contributed by atoms with E-state index in [1.54, 1.807) is 0 Å². The minimum atomic E-state index is -4.62. The number of nitrogens with two attached hydrogens (primary N) is 1. The maximum Gasteiger partial charge on any atom is 0.303 e. The summed E-state index contributed by atoms with van der Waals surface area (Å²) in [7, 11) is -4.62. The van der Waals surface area contributed by atoms with Crippen LogP contribution < -0.4 is 5.73 Å². The van der Waals surface area contributed by atoms with Crippen molar-refractivity contribution in [2.45, 2.75) is 18.6 Å². The maximum absolute atomic E-state index is 11.0. The van der Waals surface area contributed by atoms with Crippen molar-refractivity contribution in [3.63, 3.8) is 0 Å². The molecule has 0 aromatic heterocycles. The van der Waals surface area contributed by atoms with E-state index in [-0.39, 0.29) is 0 Å². The number of hydrogen-bond donors (Lipinski definition) is 3. The summed E-state index contributed by atoms with van der Waals surface area (Å²) in [5.74, 6) is -3.36. The molecule has 4 N–H and O–H groups in total. The van der Waals surface area contributed by atoms with Gasteiger partial charge in [0.15, 0.2) is 0 Å². The third kappa shape index (κ3) is 3.99. The van der Waals surface area contributed by atoms with Crippen LogP contribution in [-0.2, 0) is 19.7 Å². The van der Waals surface area contributed by atoms with Gasteiger partial charge in [0.2, 0.25) is 5.91 Å². The van der Waals surface area contributed by atoms with Crippen molar-refractivity contribution in [3.05, 3.63) is 12.2 Å². The van der Waals surface area contributed by atoms with Crippen LogP contribution in [0.3, 0.4) is 0 Å². The first-order chi connectivity index (χ1) is 7.07. The summed E-state index contributed by atoms with van der Waals surface area (Å²) in [5, 5.41) is 6.80. The fourth-order valence-electron chi connectivity index (χ4n) is 1.34. The summed E-state index contributed by atoms with van der Waals surface area (Å²) in [6.07, 6.45) is -0.531. The van der Waals surface area contributed by atoms with Gasteiger partial charge in [-0.3, -0.25) is 14.1 Å². The highest BCUT2D eigenvalue weighted by Gasteiger charge is 2.35. The molecule has 0 radical (unpaired) electrons. The Morgan fingerprint density at radius 1 is 1.44 bits per heavy atom. The Morgan fingerprint density at radius 2 is 1.88 bits per heavy atom. The standard InChI is InChI=1S/C8H13NO6S/c1-4(3-6(10)11)7(16(13,14)15)5(2)8(9)12/h4,7H,2-3H2,1H3,(H2,9,12)(H,10,11)(H,13,14,15). The van der Waals surface area contributed by atoms with Crippen LogP contribution in [0.4, 0.5) is 0 Å². The maximum atomic E-state index is 11.0. The molecule has 92 valence electrons. The molecule has 0 aliphatic rings. The second-order valence-corrected chi connectivity index (χ2v) is 4.94. The quantitative estimate of drug-likeness (QED) is 0.426. The monoisotopic (exact) mass is 251 g/mol. The van der Waals surface area contributed by atoms with Gasteiger partial charge in [-0.1, -0.05) is 13.5 Å². The average Bonchev–Trinajstić information content (AvgIpc) is 1.98. The molecule has 2 unspecified atom stereocenters. The summed E-state index contributed by atoms with van der Waals surface area (Å²) in [5.41, 5.74) is 4.31. The van der Waals surface area contributed by atoms with E-state index in [4.69, 9.17) is 15.4 Å². The van der Waals surface area contributed by atoms with Crippen LogP contribution >= 0.6 is 0 Å².